The summed E-state index contributed by atoms with van der Waals surface area (Å²) in [5.41, 5.74) is 4.47. The first-order valence-corrected chi connectivity index (χ1v) is 14.9. The zero-order valence-corrected chi connectivity index (χ0v) is 24.1. The predicted octanol–water partition coefficient (Wildman–Crippen LogP) is 5.85. The number of rotatable bonds is 10. The number of sulfonamides is 1. The molecule has 3 aromatic rings. The van der Waals surface area contributed by atoms with Gasteiger partial charge in [-0.05, 0) is 106 Å². The molecular formula is C30H35ClN2O5S. The van der Waals surface area contributed by atoms with Crippen LogP contribution in [0.15, 0.2) is 59.5 Å². The molecule has 0 saturated carbocycles. The molecule has 0 aliphatic carbocycles. The lowest BCUT2D eigenvalue weighted by molar-refractivity contribution is -0.142. The number of benzene rings is 3. The Morgan fingerprint density at radius 2 is 1.72 bits per heavy atom. The van der Waals surface area contributed by atoms with Gasteiger partial charge in [0.15, 0.2) is 0 Å². The van der Waals surface area contributed by atoms with Gasteiger partial charge in [0.05, 0.1) is 17.1 Å². The van der Waals surface area contributed by atoms with Gasteiger partial charge in [-0.15, -0.1) is 0 Å². The molecule has 39 heavy (non-hydrogen) atoms. The molecule has 4 rings (SSSR count). The molecule has 1 saturated heterocycles. The third-order valence-corrected chi connectivity index (χ3v) is 9.72. The topological polar surface area (TPSA) is 98.2 Å². The largest absolute Gasteiger partial charge is 0.508 e. The Balaban J connectivity index is 1.60. The predicted molar refractivity (Wildman–Crippen MR) is 154 cm³/mol. The van der Waals surface area contributed by atoms with Crippen molar-refractivity contribution in [3.8, 4) is 5.75 Å². The molecule has 9 heteroatoms. The number of halogens is 1. The molecule has 208 valence electrons. The van der Waals surface area contributed by atoms with Crippen LogP contribution >= 0.6 is 11.6 Å². The van der Waals surface area contributed by atoms with E-state index in [2.05, 4.69) is 0 Å². The fraction of sp³-hybridized carbons (Fsp3) is 0.367. The number of aliphatic carboxylic acids is 1. The first kappa shape index (κ1) is 28.9. The van der Waals surface area contributed by atoms with Gasteiger partial charge in [0, 0.05) is 5.02 Å². The van der Waals surface area contributed by atoms with Gasteiger partial charge in [-0.25, -0.2) is 8.42 Å². The number of phenolic OH excluding ortho intramolecular Hbond substituents is 1. The summed E-state index contributed by atoms with van der Waals surface area (Å²) < 4.78 is 29.6. The highest BCUT2D eigenvalue weighted by Crippen LogP contribution is 2.33. The number of hydrogen-bond acceptors (Lipinski definition) is 5. The zero-order valence-electron chi connectivity index (χ0n) is 22.5. The summed E-state index contributed by atoms with van der Waals surface area (Å²) >= 11 is 6.38. The van der Waals surface area contributed by atoms with E-state index in [1.807, 2.05) is 36.1 Å². The Kier molecular flexibility index (Phi) is 8.89. The number of likely N-dealkylation sites (tertiary alicyclic amines) is 1. The summed E-state index contributed by atoms with van der Waals surface area (Å²) in [5, 5.41) is 19.5. The van der Waals surface area contributed by atoms with E-state index in [0.29, 0.717) is 35.3 Å². The van der Waals surface area contributed by atoms with E-state index in [1.54, 1.807) is 32.0 Å². The summed E-state index contributed by atoms with van der Waals surface area (Å²) in [7, 11) is -3.96. The minimum absolute atomic E-state index is 0.000906. The maximum Gasteiger partial charge on any atom is 0.320 e. The highest BCUT2D eigenvalue weighted by atomic mass is 35.5. The van der Waals surface area contributed by atoms with Crippen molar-refractivity contribution in [1.82, 2.24) is 4.90 Å². The monoisotopic (exact) mass is 570 g/mol. The summed E-state index contributed by atoms with van der Waals surface area (Å²) in [6.07, 6.45) is 3.17. The van der Waals surface area contributed by atoms with Gasteiger partial charge < -0.3 is 10.2 Å². The fourth-order valence-electron chi connectivity index (χ4n) is 5.51. The highest BCUT2D eigenvalue weighted by Gasteiger charge is 2.31. The molecular weight excluding hydrogens is 536 g/mol. The van der Waals surface area contributed by atoms with E-state index >= 15 is 0 Å². The summed E-state index contributed by atoms with van der Waals surface area (Å²) in [6.45, 7) is 7.06. The van der Waals surface area contributed by atoms with Crippen LogP contribution in [0.2, 0.25) is 5.02 Å². The first-order valence-electron chi connectivity index (χ1n) is 13.1. The number of carboxylic acid groups (broad SMARTS) is 1. The maximum absolute atomic E-state index is 14.1. The number of nitrogens with zero attached hydrogens (tertiary/aromatic N) is 2. The number of carbonyl (C=O) groups is 1. The van der Waals surface area contributed by atoms with Gasteiger partial charge in [-0.1, -0.05) is 47.5 Å². The molecule has 1 aliphatic rings. The van der Waals surface area contributed by atoms with Gasteiger partial charge in [-0.3, -0.25) is 14.0 Å². The molecule has 1 atom stereocenters. The summed E-state index contributed by atoms with van der Waals surface area (Å²) in [4.78, 5) is 13.7. The van der Waals surface area contributed by atoms with Crippen molar-refractivity contribution in [3.63, 3.8) is 0 Å². The Morgan fingerprint density at radius 1 is 1.05 bits per heavy atom. The van der Waals surface area contributed by atoms with Gasteiger partial charge >= 0.3 is 5.97 Å². The molecule has 7 nitrogen and oxygen atoms in total. The average molecular weight is 571 g/mol. The van der Waals surface area contributed by atoms with Crippen molar-refractivity contribution in [3.05, 3.63) is 87.4 Å². The molecule has 0 amide bonds. The summed E-state index contributed by atoms with van der Waals surface area (Å²) in [5.74, 6) is -0.748. The quantitative estimate of drug-likeness (QED) is 0.317. The van der Waals surface area contributed by atoms with Crippen LogP contribution in [-0.2, 0) is 27.8 Å². The minimum atomic E-state index is -3.96. The second-order valence-corrected chi connectivity index (χ2v) is 12.5. The normalized spacial score (nSPS) is 15.9. The van der Waals surface area contributed by atoms with Crippen LogP contribution in [0.3, 0.4) is 0 Å². The lowest BCUT2D eigenvalue weighted by Gasteiger charge is -2.27. The van der Waals surface area contributed by atoms with Gasteiger partial charge in [-0.2, -0.15) is 0 Å². The number of aryl methyl sites for hydroxylation is 4. The molecule has 1 aliphatic heterocycles. The lowest BCUT2D eigenvalue weighted by Crippen LogP contribution is -2.36. The second kappa shape index (κ2) is 12.0. The van der Waals surface area contributed by atoms with Crippen LogP contribution < -0.4 is 4.31 Å². The zero-order chi connectivity index (χ0) is 28.3. The second-order valence-electron chi connectivity index (χ2n) is 10.3. The minimum Gasteiger partial charge on any atom is -0.508 e. The lowest BCUT2D eigenvalue weighted by atomic mass is 10.1. The molecule has 3 aromatic carbocycles. The van der Waals surface area contributed by atoms with Crippen LogP contribution in [-0.4, -0.2) is 48.6 Å². The standard InChI is InChI=1S/C30H35ClN2O5S/c1-20-16-21(2)29(22(3)17-20)39(37,38)33(19-24-10-13-26(34)18-27(24)31)25-11-8-23(9-12-25)6-4-14-32-15-5-7-28(32)30(35)36/h8-13,16-18,28,34H,4-7,14-15,19H2,1-3H3,(H,35,36)/t28-/m0/s1. The molecule has 0 spiro atoms. The Bertz CT molecular complexity index is 1430. The summed E-state index contributed by atoms with van der Waals surface area (Å²) in [6, 6.07) is 15.3. The van der Waals surface area contributed by atoms with Crippen molar-refractivity contribution in [1.29, 1.82) is 0 Å². The van der Waals surface area contributed by atoms with Crippen LogP contribution in [0.1, 0.15) is 47.1 Å². The van der Waals surface area contributed by atoms with Crippen LogP contribution in [0, 0.1) is 20.8 Å². The Labute approximate surface area is 235 Å². The smallest absolute Gasteiger partial charge is 0.320 e. The molecule has 2 N–H and O–H groups in total. The van der Waals surface area contributed by atoms with Crippen molar-refractivity contribution < 1.29 is 23.4 Å². The number of hydrogen-bond donors (Lipinski definition) is 2. The molecule has 0 radical (unpaired) electrons. The van der Waals surface area contributed by atoms with E-state index in [4.69, 9.17) is 11.6 Å². The fourth-order valence-corrected chi connectivity index (χ4v) is 7.60. The van der Waals surface area contributed by atoms with Crippen molar-refractivity contribution >= 4 is 33.3 Å². The van der Waals surface area contributed by atoms with Gasteiger partial charge in [0.1, 0.15) is 11.8 Å². The van der Waals surface area contributed by atoms with Crippen molar-refractivity contribution in [2.24, 2.45) is 0 Å². The molecule has 1 heterocycles. The number of aromatic hydroxyl groups is 1. The molecule has 0 unspecified atom stereocenters. The number of carboxylic acids is 1. The van der Waals surface area contributed by atoms with E-state index in [0.717, 1.165) is 36.9 Å². The SMILES string of the molecule is Cc1cc(C)c(S(=O)(=O)N(Cc2ccc(O)cc2Cl)c2ccc(CCCN3CCC[C@H]3C(=O)O)cc2)c(C)c1. The van der Waals surface area contributed by atoms with Gasteiger partial charge in [0.25, 0.3) is 10.0 Å². The Morgan fingerprint density at radius 3 is 2.33 bits per heavy atom. The van der Waals surface area contributed by atoms with Crippen molar-refractivity contribution in [2.75, 3.05) is 17.4 Å². The molecule has 1 fully saturated rings. The van der Waals surface area contributed by atoms with E-state index in [1.165, 1.54) is 16.4 Å². The first-order chi connectivity index (χ1) is 18.5. The number of phenols is 1. The van der Waals surface area contributed by atoms with E-state index in [-0.39, 0.29) is 22.2 Å². The van der Waals surface area contributed by atoms with Crippen molar-refractivity contribution in [2.45, 2.75) is 63.9 Å². The molecule has 0 bridgehead atoms. The van der Waals surface area contributed by atoms with Crippen LogP contribution in [0.4, 0.5) is 5.69 Å². The van der Waals surface area contributed by atoms with Gasteiger partial charge in [0.2, 0.25) is 0 Å². The van der Waals surface area contributed by atoms with Crippen LogP contribution in [0.5, 0.6) is 5.75 Å². The van der Waals surface area contributed by atoms with E-state index in [9.17, 15) is 23.4 Å². The molecule has 0 aromatic heterocycles. The third-order valence-electron chi connectivity index (χ3n) is 7.29. The average Bonchev–Trinajstić information content (AvgIpc) is 3.32. The number of anilines is 1. The van der Waals surface area contributed by atoms with Crippen LogP contribution in [0.25, 0.3) is 0 Å². The Hall–Kier alpha value is -3.07. The van der Waals surface area contributed by atoms with E-state index < -0.39 is 22.0 Å². The maximum atomic E-state index is 14.1. The third kappa shape index (κ3) is 6.57. The highest BCUT2D eigenvalue weighted by molar-refractivity contribution is 7.92.